The fraction of sp³-hybridized carbons (Fsp3) is 0. The molecule has 0 aromatic carbocycles. The number of hydrogen-bond donors (Lipinski definition) is 0. The molecular formula is H9AlBPbSiZn. The summed E-state index contributed by atoms with van der Waals surface area (Å²) in [5, 5.41) is 0. The van der Waals surface area contributed by atoms with Gasteiger partial charge in [0.05, 0.1) is 0 Å². The third kappa shape index (κ3) is 21.7. The van der Waals surface area contributed by atoms with E-state index < -0.39 is 0 Å². The third-order valence-corrected chi connectivity index (χ3v) is 0. The van der Waals surface area contributed by atoms with E-state index in [0.717, 1.165) is 0 Å². The quantitative estimate of drug-likeness (QED) is 0.393. The normalized spacial score (nSPS) is 0. The van der Waals surface area contributed by atoms with Crippen molar-refractivity contribution in [2.45, 2.75) is 0 Å². The van der Waals surface area contributed by atoms with Crippen molar-refractivity contribution in [2.75, 3.05) is 0 Å². The zero-order valence-electron chi connectivity index (χ0n) is 1.99. The summed E-state index contributed by atoms with van der Waals surface area (Å²) in [6, 6.07) is 0. The zero-order chi connectivity index (χ0) is 0. The molecular weight excluding hydrogens is 338 g/mol. The molecule has 0 nitrogen and oxygen atoms in total. The van der Waals surface area contributed by atoms with E-state index in [-0.39, 0.29) is 83.5 Å². The van der Waals surface area contributed by atoms with E-state index in [4.69, 9.17) is 0 Å². The molecule has 0 unspecified atom stereocenters. The van der Waals surface area contributed by atoms with Gasteiger partial charge in [0.25, 0.3) is 0 Å². The Hall–Kier alpha value is 2.36. The molecule has 0 aliphatic rings. The summed E-state index contributed by atoms with van der Waals surface area (Å²) in [6.07, 6.45) is 0. The second-order valence-electron chi connectivity index (χ2n) is 0. The average Bonchev–Trinajstić information content (AvgIpc) is 0. The minimum atomic E-state index is 0. The van der Waals surface area contributed by atoms with E-state index in [9.17, 15) is 0 Å². The predicted octanol–water partition coefficient (Wildman–Crippen LogP) is -3.94. The first-order valence-electron chi connectivity index (χ1n) is 0. The van der Waals surface area contributed by atoms with Gasteiger partial charge in [0.15, 0.2) is 17.4 Å². The van der Waals surface area contributed by atoms with Crippen molar-refractivity contribution in [2.24, 2.45) is 0 Å². The van der Waals surface area contributed by atoms with Gasteiger partial charge in [-0.2, -0.15) is 0 Å². The fourth-order valence-electron chi connectivity index (χ4n) is 0. The maximum Gasteiger partial charge on any atom is 0 e. The molecule has 0 rings (SSSR count). The van der Waals surface area contributed by atoms with Gasteiger partial charge >= 0.3 is 27.3 Å². The molecule has 0 amide bonds. The molecule has 0 heterocycles. The van der Waals surface area contributed by atoms with Crippen molar-refractivity contribution < 1.29 is 19.5 Å². The Morgan fingerprint density at radius 2 is 1.00 bits per heavy atom. The van der Waals surface area contributed by atoms with Crippen molar-refractivity contribution in [1.82, 2.24) is 0 Å². The Kier molecular flexibility index (Phi) is 351. The van der Waals surface area contributed by atoms with Gasteiger partial charge in [0.1, 0.15) is 0 Å². The van der Waals surface area contributed by atoms with Crippen LogP contribution in [0.4, 0.5) is 0 Å². The van der Waals surface area contributed by atoms with Gasteiger partial charge in [-0.25, -0.2) is 0 Å². The molecule has 0 bridgehead atoms. The van der Waals surface area contributed by atoms with Crippen molar-refractivity contribution in [3.8, 4) is 0 Å². The van der Waals surface area contributed by atoms with Crippen LogP contribution in [0.5, 0.6) is 0 Å². The molecule has 25 valence electrons. The van der Waals surface area contributed by atoms with E-state index in [1.54, 1.807) is 0 Å². The van der Waals surface area contributed by atoms with Crippen LogP contribution in [0, 0.1) is 0 Å². The molecule has 0 aliphatic carbocycles. The van der Waals surface area contributed by atoms with Crippen LogP contribution in [0.1, 0.15) is 0 Å². The second-order valence-corrected chi connectivity index (χ2v) is 0. The summed E-state index contributed by atoms with van der Waals surface area (Å²) in [5.41, 5.74) is 0. The number of rotatable bonds is 0. The van der Waals surface area contributed by atoms with Gasteiger partial charge in [-0.3, -0.25) is 0 Å². The van der Waals surface area contributed by atoms with E-state index in [1.165, 1.54) is 0 Å². The van der Waals surface area contributed by atoms with Crippen LogP contribution in [0.25, 0.3) is 0 Å². The number of hydrogen-bond acceptors (Lipinski definition) is 0. The second kappa shape index (κ2) is 32.8. The molecule has 5 radical (unpaired) electrons. The first kappa shape index (κ1) is 53.5. The Morgan fingerprint density at radius 1 is 1.00 bits per heavy atom. The Morgan fingerprint density at radius 3 is 1.00 bits per heavy atom. The van der Waals surface area contributed by atoms with Crippen LogP contribution in [-0.2, 0) is 19.5 Å². The first-order valence-corrected chi connectivity index (χ1v) is 0. The fourth-order valence-corrected chi connectivity index (χ4v) is 0. The van der Waals surface area contributed by atoms with Crippen LogP contribution in [-0.4, -0.2) is 64.0 Å². The predicted molar refractivity (Wildman–Crippen MR) is 35.6 cm³/mol. The molecule has 0 aromatic heterocycles. The van der Waals surface area contributed by atoms with Gasteiger partial charge in [0, 0.05) is 27.9 Å². The topological polar surface area (TPSA) is 0 Å². The summed E-state index contributed by atoms with van der Waals surface area (Å²) < 4.78 is 0. The minimum absolute atomic E-state index is 0. The third-order valence-electron chi connectivity index (χ3n) is 0. The molecule has 0 fully saturated rings. The summed E-state index contributed by atoms with van der Waals surface area (Å²) in [6.45, 7) is 0. The molecule has 0 saturated carbocycles. The van der Waals surface area contributed by atoms with Gasteiger partial charge < -0.3 is 0 Å². The van der Waals surface area contributed by atoms with E-state index >= 15 is 0 Å². The largest absolute Gasteiger partial charge is 0.0149 e. The maximum atomic E-state index is 0. The Labute approximate surface area is 82.5 Å². The SMILES string of the molecule is [AlH3].[B].[PbH2].[SiH4].[Zn]. The Bertz CT molecular complexity index is 11.6. The van der Waals surface area contributed by atoms with Crippen molar-refractivity contribution in [3.63, 3.8) is 0 Å². The van der Waals surface area contributed by atoms with E-state index in [0.29, 0.717) is 0 Å². The molecule has 0 N–H and O–H groups in total. The molecule has 5 heavy (non-hydrogen) atoms. The first-order chi connectivity index (χ1) is 0. The van der Waals surface area contributed by atoms with Crippen molar-refractivity contribution in [3.05, 3.63) is 0 Å². The molecule has 0 spiro atoms. The smallest absolute Gasteiger partial charge is 0 e. The zero-order valence-corrected chi connectivity index (χ0v) is 10.5. The monoisotopic (exact) mass is 347 g/mol. The van der Waals surface area contributed by atoms with Gasteiger partial charge in [-0.15, -0.1) is 0 Å². The summed E-state index contributed by atoms with van der Waals surface area (Å²) in [4.78, 5) is 0. The molecule has 0 saturated heterocycles. The average molecular weight is 348 g/mol. The van der Waals surface area contributed by atoms with Crippen LogP contribution >= 0.6 is 0 Å². The summed E-state index contributed by atoms with van der Waals surface area (Å²) >= 11 is 0. The summed E-state index contributed by atoms with van der Waals surface area (Å²) in [7, 11) is 0. The molecule has 5 heteroatoms. The van der Waals surface area contributed by atoms with Crippen molar-refractivity contribution in [1.29, 1.82) is 0 Å². The van der Waals surface area contributed by atoms with Gasteiger partial charge in [0.2, 0.25) is 0 Å². The van der Waals surface area contributed by atoms with E-state index in [1.807, 2.05) is 0 Å². The van der Waals surface area contributed by atoms with Gasteiger partial charge in [-0.1, -0.05) is 0 Å². The maximum absolute atomic E-state index is 0. The van der Waals surface area contributed by atoms with Crippen molar-refractivity contribution >= 4 is 64.0 Å². The van der Waals surface area contributed by atoms with Crippen LogP contribution in [0.2, 0.25) is 0 Å². The standard InChI is InChI=1S/Al.B.Pb.H4Si.Zn.5H/h;;;1H4;;;;;;. The minimum Gasteiger partial charge on any atom is -0.0149 e. The molecule has 0 aliphatic heterocycles. The molecule has 0 atom stereocenters. The Balaban J connectivity index is 0. The molecule has 0 aromatic rings. The van der Waals surface area contributed by atoms with E-state index in [2.05, 4.69) is 0 Å². The van der Waals surface area contributed by atoms with Crippen LogP contribution < -0.4 is 0 Å². The van der Waals surface area contributed by atoms with Crippen LogP contribution in [0.3, 0.4) is 0 Å². The van der Waals surface area contributed by atoms with Gasteiger partial charge in [-0.05, 0) is 11.0 Å². The van der Waals surface area contributed by atoms with Crippen LogP contribution in [0.15, 0.2) is 0 Å². The summed E-state index contributed by atoms with van der Waals surface area (Å²) in [5.74, 6) is 0.